The second kappa shape index (κ2) is 8.57. The van der Waals surface area contributed by atoms with E-state index in [-0.39, 0.29) is 11.6 Å². The predicted octanol–water partition coefficient (Wildman–Crippen LogP) is 5.18. The van der Waals surface area contributed by atoms with Crippen LogP contribution in [0, 0.1) is 17.0 Å². The number of amidine groups is 1. The number of aromatic nitrogens is 1. The molecule has 1 amide bonds. The average Bonchev–Trinajstić information content (AvgIpc) is 3.33. The standard InChI is InChI=1S/C22H18N4O4S/c1-3-25-21(27)20(31-22(25)24-15-5-4-10-23-13-15)12-16-7-9-19(30-16)17-8-6-14(2)11-18(17)26(28)29/h4-13H,3H2,1-2H3/b20-12+,24-22?. The SMILES string of the molecule is CCN1C(=O)/C(=C\c2ccc(-c3ccc(C)cc3[N+](=O)[O-])o2)SC1=Nc1cccnc1. The Hall–Kier alpha value is -3.72. The van der Waals surface area contributed by atoms with E-state index in [1.807, 2.05) is 13.0 Å². The van der Waals surface area contributed by atoms with E-state index >= 15 is 0 Å². The number of likely N-dealkylation sites (N-methyl/N-ethyl adjacent to an activating group) is 1. The van der Waals surface area contributed by atoms with E-state index in [1.54, 1.807) is 60.6 Å². The van der Waals surface area contributed by atoms with Crippen molar-refractivity contribution in [2.45, 2.75) is 13.8 Å². The third-order valence-electron chi connectivity index (χ3n) is 4.59. The quantitative estimate of drug-likeness (QED) is 0.311. The van der Waals surface area contributed by atoms with Gasteiger partial charge in [0.15, 0.2) is 5.17 Å². The number of aliphatic imine (C=N–C) groups is 1. The molecule has 0 aliphatic carbocycles. The smallest absolute Gasteiger partial charge is 0.280 e. The number of hydrogen-bond acceptors (Lipinski definition) is 7. The summed E-state index contributed by atoms with van der Waals surface area (Å²) in [6.45, 7) is 4.14. The van der Waals surface area contributed by atoms with Gasteiger partial charge < -0.3 is 4.42 Å². The summed E-state index contributed by atoms with van der Waals surface area (Å²) in [5.74, 6) is 0.624. The van der Waals surface area contributed by atoms with Gasteiger partial charge in [-0.25, -0.2) is 4.99 Å². The lowest BCUT2D eigenvalue weighted by molar-refractivity contribution is -0.384. The molecule has 0 bridgehead atoms. The highest BCUT2D eigenvalue weighted by Gasteiger charge is 2.32. The molecule has 0 N–H and O–H groups in total. The van der Waals surface area contributed by atoms with Gasteiger partial charge in [-0.05, 0) is 61.5 Å². The Morgan fingerprint density at radius 2 is 2.13 bits per heavy atom. The van der Waals surface area contributed by atoms with Gasteiger partial charge in [0, 0.05) is 24.9 Å². The van der Waals surface area contributed by atoms with Crippen LogP contribution in [0.5, 0.6) is 0 Å². The van der Waals surface area contributed by atoms with Crippen molar-refractivity contribution >= 4 is 40.3 Å². The van der Waals surface area contributed by atoms with Crippen LogP contribution in [0.1, 0.15) is 18.2 Å². The molecule has 0 radical (unpaired) electrons. The molecular weight excluding hydrogens is 416 g/mol. The summed E-state index contributed by atoms with van der Waals surface area (Å²) in [6.07, 6.45) is 4.91. The third-order valence-corrected chi connectivity index (χ3v) is 5.60. The molecule has 0 atom stereocenters. The van der Waals surface area contributed by atoms with Crippen molar-refractivity contribution in [1.82, 2.24) is 9.88 Å². The summed E-state index contributed by atoms with van der Waals surface area (Å²) in [5.41, 5.74) is 1.81. The number of benzene rings is 1. The number of amides is 1. The summed E-state index contributed by atoms with van der Waals surface area (Å²) in [4.78, 5) is 34.4. The normalized spacial score (nSPS) is 16.5. The number of aryl methyl sites for hydroxylation is 1. The number of nitrogens with zero attached hydrogens (tertiary/aromatic N) is 4. The first-order chi connectivity index (χ1) is 15.0. The number of nitro groups is 1. The number of rotatable bonds is 5. The van der Waals surface area contributed by atoms with Crippen LogP contribution in [-0.4, -0.2) is 32.4 Å². The van der Waals surface area contributed by atoms with Crippen molar-refractivity contribution in [3.63, 3.8) is 0 Å². The van der Waals surface area contributed by atoms with Crippen LogP contribution in [0.15, 0.2) is 69.2 Å². The minimum Gasteiger partial charge on any atom is -0.456 e. The lowest BCUT2D eigenvalue weighted by atomic mass is 10.1. The molecule has 156 valence electrons. The average molecular weight is 434 g/mol. The second-order valence-electron chi connectivity index (χ2n) is 6.75. The van der Waals surface area contributed by atoms with Crippen molar-refractivity contribution in [3.8, 4) is 11.3 Å². The predicted molar refractivity (Wildman–Crippen MR) is 120 cm³/mol. The maximum atomic E-state index is 12.8. The first kappa shape index (κ1) is 20.5. The van der Waals surface area contributed by atoms with E-state index in [2.05, 4.69) is 9.98 Å². The van der Waals surface area contributed by atoms with Gasteiger partial charge in [0.05, 0.1) is 27.3 Å². The van der Waals surface area contributed by atoms with Crippen LogP contribution in [0.25, 0.3) is 17.4 Å². The van der Waals surface area contributed by atoms with Gasteiger partial charge in [-0.2, -0.15) is 0 Å². The van der Waals surface area contributed by atoms with Crippen LogP contribution in [0.3, 0.4) is 0 Å². The summed E-state index contributed by atoms with van der Waals surface area (Å²) >= 11 is 1.25. The zero-order valence-electron chi connectivity index (χ0n) is 16.8. The molecule has 1 fully saturated rings. The Labute approximate surface area is 182 Å². The third kappa shape index (κ3) is 4.26. The molecule has 9 heteroatoms. The lowest BCUT2D eigenvalue weighted by Gasteiger charge is -2.11. The van der Waals surface area contributed by atoms with Gasteiger partial charge in [0.2, 0.25) is 0 Å². The zero-order chi connectivity index (χ0) is 22.0. The molecule has 1 saturated heterocycles. The second-order valence-corrected chi connectivity index (χ2v) is 7.75. The highest BCUT2D eigenvalue weighted by Crippen LogP contribution is 2.36. The Morgan fingerprint density at radius 3 is 2.84 bits per heavy atom. The number of carbonyl (C=O) groups is 1. The fourth-order valence-electron chi connectivity index (χ4n) is 3.11. The van der Waals surface area contributed by atoms with Crippen LogP contribution >= 0.6 is 11.8 Å². The molecule has 2 aromatic heterocycles. The summed E-state index contributed by atoms with van der Waals surface area (Å²) < 4.78 is 5.82. The number of furan rings is 1. The molecule has 1 aliphatic heterocycles. The molecule has 0 spiro atoms. The Kier molecular flexibility index (Phi) is 5.68. The van der Waals surface area contributed by atoms with Gasteiger partial charge in [0.1, 0.15) is 11.5 Å². The fraction of sp³-hybridized carbons (Fsp3) is 0.136. The number of nitro benzene ring substituents is 1. The number of thioether (sulfide) groups is 1. The van der Waals surface area contributed by atoms with Crippen molar-refractivity contribution in [3.05, 3.63) is 81.2 Å². The highest BCUT2D eigenvalue weighted by molar-refractivity contribution is 8.18. The lowest BCUT2D eigenvalue weighted by Crippen LogP contribution is -2.28. The van der Waals surface area contributed by atoms with E-state index in [0.717, 1.165) is 5.56 Å². The van der Waals surface area contributed by atoms with Crippen molar-refractivity contribution in [1.29, 1.82) is 0 Å². The molecule has 1 aromatic carbocycles. The first-order valence-corrected chi connectivity index (χ1v) is 10.3. The Balaban J connectivity index is 1.65. The minimum atomic E-state index is -0.431. The van der Waals surface area contributed by atoms with E-state index in [9.17, 15) is 14.9 Å². The summed E-state index contributed by atoms with van der Waals surface area (Å²) in [7, 11) is 0. The molecular formula is C22H18N4O4S. The molecule has 3 aromatic rings. The van der Waals surface area contributed by atoms with E-state index in [0.29, 0.717) is 39.4 Å². The maximum Gasteiger partial charge on any atom is 0.280 e. The molecule has 1 aliphatic rings. The van der Waals surface area contributed by atoms with E-state index < -0.39 is 4.92 Å². The molecule has 0 saturated carbocycles. The Morgan fingerprint density at radius 1 is 1.29 bits per heavy atom. The molecule has 4 rings (SSSR count). The highest BCUT2D eigenvalue weighted by atomic mass is 32.2. The minimum absolute atomic E-state index is 0.0251. The molecule has 3 heterocycles. The van der Waals surface area contributed by atoms with Gasteiger partial charge in [-0.1, -0.05) is 6.07 Å². The number of carbonyl (C=O) groups excluding carboxylic acids is 1. The van der Waals surface area contributed by atoms with Crippen LogP contribution in [-0.2, 0) is 4.79 Å². The van der Waals surface area contributed by atoms with Gasteiger partial charge in [-0.3, -0.25) is 24.8 Å². The summed E-state index contributed by atoms with van der Waals surface area (Å²) in [6, 6.07) is 11.9. The monoisotopic (exact) mass is 434 g/mol. The fourth-order valence-corrected chi connectivity index (χ4v) is 4.15. The van der Waals surface area contributed by atoms with E-state index in [1.165, 1.54) is 17.8 Å². The number of hydrogen-bond donors (Lipinski definition) is 0. The number of pyridine rings is 1. The Bertz CT molecular complexity index is 1220. The molecule has 0 unspecified atom stereocenters. The summed E-state index contributed by atoms with van der Waals surface area (Å²) in [5, 5.41) is 12.0. The van der Waals surface area contributed by atoms with Crippen molar-refractivity contribution in [2.24, 2.45) is 4.99 Å². The van der Waals surface area contributed by atoms with Gasteiger partial charge >= 0.3 is 0 Å². The van der Waals surface area contributed by atoms with Crippen molar-refractivity contribution in [2.75, 3.05) is 6.54 Å². The van der Waals surface area contributed by atoms with Crippen LogP contribution < -0.4 is 0 Å². The zero-order valence-corrected chi connectivity index (χ0v) is 17.6. The maximum absolute atomic E-state index is 12.8. The van der Waals surface area contributed by atoms with Crippen molar-refractivity contribution < 1.29 is 14.1 Å². The molecule has 8 nitrogen and oxygen atoms in total. The van der Waals surface area contributed by atoms with Gasteiger partial charge in [0.25, 0.3) is 11.6 Å². The first-order valence-electron chi connectivity index (χ1n) is 9.51. The van der Waals surface area contributed by atoms with Gasteiger partial charge in [-0.15, -0.1) is 0 Å². The largest absolute Gasteiger partial charge is 0.456 e. The van der Waals surface area contributed by atoms with Crippen LogP contribution in [0.4, 0.5) is 11.4 Å². The molecule has 31 heavy (non-hydrogen) atoms. The van der Waals surface area contributed by atoms with Crippen LogP contribution in [0.2, 0.25) is 0 Å². The topological polar surface area (TPSA) is 102 Å². The van der Waals surface area contributed by atoms with E-state index in [4.69, 9.17) is 4.42 Å².